The van der Waals surface area contributed by atoms with Crippen molar-refractivity contribution < 1.29 is 14.3 Å². The molecule has 7 heteroatoms. The molecule has 0 aliphatic rings. The number of carbonyl (C=O) groups is 1. The van der Waals surface area contributed by atoms with Crippen molar-refractivity contribution in [3.63, 3.8) is 0 Å². The number of rotatable bonds is 8. The number of likely N-dealkylation sites (N-methyl/N-ethyl adjacent to an activating group) is 2. The number of ether oxygens (including phenoxy) is 2. The van der Waals surface area contributed by atoms with Crippen LogP contribution in [0.1, 0.15) is 40.2 Å². The van der Waals surface area contributed by atoms with Crippen molar-refractivity contribution in [1.82, 2.24) is 19.6 Å². The van der Waals surface area contributed by atoms with Gasteiger partial charge >= 0.3 is 6.09 Å². The summed E-state index contributed by atoms with van der Waals surface area (Å²) in [4.78, 5) is 15.9. The SMILES string of the molecule is CC(C)Oc1ccc(-c2c(CN(C)CCN(C)C(=O)OC(C)(C)C)cnn2C)cc1. The zero-order valence-corrected chi connectivity index (χ0v) is 19.6. The Bertz CT molecular complexity index is 822. The van der Waals surface area contributed by atoms with Gasteiger partial charge in [-0.2, -0.15) is 5.10 Å². The van der Waals surface area contributed by atoms with E-state index in [0.29, 0.717) is 6.54 Å². The van der Waals surface area contributed by atoms with E-state index in [-0.39, 0.29) is 12.2 Å². The molecule has 0 saturated carbocycles. The lowest BCUT2D eigenvalue weighted by Crippen LogP contribution is -2.38. The summed E-state index contributed by atoms with van der Waals surface area (Å²) in [5.41, 5.74) is 2.83. The summed E-state index contributed by atoms with van der Waals surface area (Å²) in [7, 11) is 5.76. The van der Waals surface area contributed by atoms with Gasteiger partial charge in [-0.25, -0.2) is 4.79 Å². The first-order chi connectivity index (χ1) is 14.0. The summed E-state index contributed by atoms with van der Waals surface area (Å²) in [6.45, 7) is 11.7. The maximum Gasteiger partial charge on any atom is 0.410 e. The summed E-state index contributed by atoms with van der Waals surface area (Å²) < 4.78 is 13.0. The number of aryl methyl sites for hydroxylation is 1. The third-order valence-corrected chi connectivity index (χ3v) is 4.48. The minimum Gasteiger partial charge on any atom is -0.491 e. The van der Waals surface area contributed by atoms with Gasteiger partial charge < -0.3 is 19.3 Å². The average Bonchev–Trinajstić information content (AvgIpc) is 2.98. The maximum absolute atomic E-state index is 12.1. The molecule has 166 valence electrons. The van der Waals surface area contributed by atoms with E-state index in [1.54, 1.807) is 11.9 Å². The van der Waals surface area contributed by atoms with E-state index >= 15 is 0 Å². The molecule has 1 aromatic carbocycles. The molecule has 0 radical (unpaired) electrons. The molecule has 1 aromatic heterocycles. The van der Waals surface area contributed by atoms with Gasteiger partial charge in [-0.1, -0.05) is 0 Å². The molecule has 0 aliphatic heterocycles. The fourth-order valence-corrected chi connectivity index (χ4v) is 3.06. The molecule has 1 heterocycles. The van der Waals surface area contributed by atoms with Gasteiger partial charge in [0, 0.05) is 44.9 Å². The number of carbonyl (C=O) groups excluding carboxylic acids is 1. The quantitative estimate of drug-likeness (QED) is 0.646. The molecule has 2 rings (SSSR count). The molecule has 0 unspecified atom stereocenters. The van der Waals surface area contributed by atoms with E-state index in [1.807, 2.05) is 71.7 Å². The fraction of sp³-hybridized carbons (Fsp3) is 0.565. The lowest BCUT2D eigenvalue weighted by Gasteiger charge is -2.26. The first-order valence-electron chi connectivity index (χ1n) is 10.4. The molecule has 30 heavy (non-hydrogen) atoms. The molecule has 0 bridgehead atoms. The van der Waals surface area contributed by atoms with Crippen LogP contribution < -0.4 is 4.74 Å². The lowest BCUT2D eigenvalue weighted by molar-refractivity contribution is 0.0286. The largest absolute Gasteiger partial charge is 0.491 e. The zero-order chi connectivity index (χ0) is 22.5. The van der Waals surface area contributed by atoms with E-state index < -0.39 is 5.60 Å². The molecule has 2 aromatic rings. The monoisotopic (exact) mass is 416 g/mol. The summed E-state index contributed by atoms with van der Waals surface area (Å²) in [6, 6.07) is 8.11. The predicted molar refractivity (Wildman–Crippen MR) is 120 cm³/mol. The highest BCUT2D eigenvalue weighted by Gasteiger charge is 2.20. The number of amides is 1. The van der Waals surface area contributed by atoms with E-state index in [0.717, 1.165) is 35.7 Å². The Morgan fingerprint density at radius 3 is 2.33 bits per heavy atom. The minimum absolute atomic E-state index is 0.149. The highest BCUT2D eigenvalue weighted by atomic mass is 16.6. The summed E-state index contributed by atoms with van der Waals surface area (Å²) in [5.74, 6) is 0.861. The van der Waals surface area contributed by atoms with Crippen LogP contribution in [0, 0.1) is 0 Å². The fourth-order valence-electron chi connectivity index (χ4n) is 3.06. The highest BCUT2D eigenvalue weighted by Crippen LogP contribution is 2.26. The van der Waals surface area contributed by atoms with Gasteiger partial charge in [-0.3, -0.25) is 4.68 Å². The number of benzene rings is 1. The van der Waals surface area contributed by atoms with Gasteiger partial charge in [0.2, 0.25) is 0 Å². The van der Waals surface area contributed by atoms with Crippen LogP contribution in [0.5, 0.6) is 5.75 Å². The molecular weight excluding hydrogens is 380 g/mol. The van der Waals surface area contributed by atoms with Crippen LogP contribution in [0.25, 0.3) is 11.3 Å². The standard InChI is InChI=1S/C23H36N4O3/c1-17(2)29-20-11-9-18(10-12-20)21-19(15-24-27(21)8)16-25(6)13-14-26(7)22(28)30-23(3,4)5/h9-12,15,17H,13-14,16H2,1-8H3. The van der Waals surface area contributed by atoms with Crippen LogP contribution in [-0.2, 0) is 18.3 Å². The molecule has 0 fully saturated rings. The molecule has 1 amide bonds. The Labute approximate surface area is 180 Å². The van der Waals surface area contributed by atoms with Crippen LogP contribution in [-0.4, -0.2) is 64.6 Å². The van der Waals surface area contributed by atoms with Crippen molar-refractivity contribution in [2.45, 2.75) is 52.9 Å². The Hall–Kier alpha value is -2.54. The first-order valence-corrected chi connectivity index (χ1v) is 10.4. The Balaban J connectivity index is 2.00. The lowest BCUT2D eigenvalue weighted by atomic mass is 10.1. The zero-order valence-electron chi connectivity index (χ0n) is 19.6. The van der Waals surface area contributed by atoms with Gasteiger partial charge in [0.05, 0.1) is 18.0 Å². The van der Waals surface area contributed by atoms with Gasteiger partial charge in [-0.05, 0) is 65.9 Å². The molecule has 0 atom stereocenters. The van der Waals surface area contributed by atoms with Crippen molar-refractivity contribution in [3.05, 3.63) is 36.0 Å². The van der Waals surface area contributed by atoms with E-state index in [4.69, 9.17) is 9.47 Å². The van der Waals surface area contributed by atoms with Crippen molar-refractivity contribution >= 4 is 6.09 Å². The van der Waals surface area contributed by atoms with Crippen molar-refractivity contribution in [2.24, 2.45) is 7.05 Å². The van der Waals surface area contributed by atoms with Crippen molar-refractivity contribution in [3.8, 4) is 17.0 Å². The third kappa shape index (κ3) is 7.06. The van der Waals surface area contributed by atoms with Crippen LogP contribution >= 0.6 is 0 Å². The van der Waals surface area contributed by atoms with Crippen molar-refractivity contribution in [2.75, 3.05) is 27.2 Å². The molecule has 0 aliphatic carbocycles. The van der Waals surface area contributed by atoms with E-state index in [9.17, 15) is 4.79 Å². The second-order valence-corrected chi connectivity index (χ2v) is 8.97. The molecule has 7 nitrogen and oxygen atoms in total. The molecule has 0 saturated heterocycles. The number of nitrogens with zero attached hydrogens (tertiary/aromatic N) is 4. The topological polar surface area (TPSA) is 59.8 Å². The average molecular weight is 417 g/mol. The molecular formula is C23H36N4O3. The van der Waals surface area contributed by atoms with Gasteiger partial charge in [0.1, 0.15) is 11.4 Å². The van der Waals surface area contributed by atoms with Crippen LogP contribution in [0.15, 0.2) is 30.5 Å². The predicted octanol–water partition coefficient (Wildman–Crippen LogP) is 4.17. The highest BCUT2D eigenvalue weighted by molar-refractivity contribution is 5.67. The second-order valence-electron chi connectivity index (χ2n) is 8.97. The minimum atomic E-state index is -0.488. The first kappa shape index (κ1) is 23.7. The Morgan fingerprint density at radius 2 is 1.77 bits per heavy atom. The summed E-state index contributed by atoms with van der Waals surface area (Å²) in [5, 5.41) is 4.45. The van der Waals surface area contributed by atoms with Crippen molar-refractivity contribution in [1.29, 1.82) is 0 Å². The second kappa shape index (κ2) is 9.98. The molecule has 0 N–H and O–H groups in total. The number of hydrogen-bond donors (Lipinski definition) is 0. The van der Waals surface area contributed by atoms with Crippen LogP contribution in [0.2, 0.25) is 0 Å². The van der Waals surface area contributed by atoms with Gasteiger partial charge in [0.25, 0.3) is 0 Å². The van der Waals surface area contributed by atoms with Crippen LogP contribution in [0.4, 0.5) is 4.79 Å². The van der Waals surface area contributed by atoms with E-state index in [2.05, 4.69) is 22.1 Å². The summed E-state index contributed by atoms with van der Waals surface area (Å²) >= 11 is 0. The van der Waals surface area contributed by atoms with Gasteiger partial charge in [0.15, 0.2) is 0 Å². The van der Waals surface area contributed by atoms with E-state index in [1.165, 1.54) is 0 Å². The van der Waals surface area contributed by atoms with Gasteiger partial charge in [-0.15, -0.1) is 0 Å². The Morgan fingerprint density at radius 1 is 1.13 bits per heavy atom. The number of hydrogen-bond acceptors (Lipinski definition) is 5. The third-order valence-electron chi connectivity index (χ3n) is 4.48. The van der Waals surface area contributed by atoms with Crippen LogP contribution in [0.3, 0.4) is 0 Å². The Kier molecular flexibility index (Phi) is 7.89. The number of aromatic nitrogens is 2. The smallest absolute Gasteiger partial charge is 0.410 e. The normalized spacial score (nSPS) is 11.8. The molecule has 0 spiro atoms. The summed E-state index contributed by atoms with van der Waals surface area (Å²) in [6.07, 6.45) is 1.75. The maximum atomic E-state index is 12.1.